The van der Waals surface area contributed by atoms with Crippen molar-refractivity contribution in [2.24, 2.45) is 11.8 Å². The fraction of sp³-hybridized carbons (Fsp3) is 0.652. The molecular formula is C23H32F3N5O. The minimum absolute atomic E-state index is 0.170. The number of anilines is 1. The molecule has 0 radical (unpaired) electrons. The van der Waals surface area contributed by atoms with E-state index in [1.165, 1.54) is 6.20 Å². The molecule has 2 aliphatic carbocycles. The van der Waals surface area contributed by atoms with Crippen molar-refractivity contribution in [2.45, 2.75) is 57.3 Å². The number of halogens is 3. The predicted octanol–water partition coefficient (Wildman–Crippen LogP) is 4.59. The number of nitrogen functional groups attached to an aromatic ring is 1. The molecule has 6 nitrogen and oxygen atoms in total. The zero-order valence-corrected chi connectivity index (χ0v) is 19.1. The van der Waals surface area contributed by atoms with Crippen molar-refractivity contribution >= 4 is 5.82 Å². The maximum Gasteiger partial charge on any atom is 0.419 e. The highest BCUT2D eigenvalue weighted by Crippen LogP contribution is 2.64. The summed E-state index contributed by atoms with van der Waals surface area (Å²) in [6.07, 6.45) is 0.00149. The minimum Gasteiger partial charge on any atom is -0.383 e. The fourth-order valence-corrected chi connectivity index (χ4v) is 5.20. The highest BCUT2D eigenvalue weighted by Gasteiger charge is 2.58. The van der Waals surface area contributed by atoms with Crippen molar-refractivity contribution in [3.8, 4) is 11.3 Å². The average Bonchev–Trinajstić information content (AvgIpc) is 3.10. The van der Waals surface area contributed by atoms with Crippen LogP contribution in [0.4, 0.5) is 19.0 Å². The van der Waals surface area contributed by atoms with E-state index in [-0.39, 0.29) is 6.04 Å². The molecule has 0 spiro atoms. The van der Waals surface area contributed by atoms with Gasteiger partial charge in [-0.05, 0) is 57.2 Å². The quantitative estimate of drug-likeness (QED) is 0.636. The monoisotopic (exact) mass is 451 g/mol. The average molecular weight is 452 g/mol. The number of aromatic nitrogens is 3. The van der Waals surface area contributed by atoms with Crippen LogP contribution in [0.5, 0.6) is 0 Å². The lowest BCUT2D eigenvalue weighted by atomic mass is 10.0. The van der Waals surface area contributed by atoms with Crippen LogP contribution in [0.3, 0.4) is 0 Å². The highest BCUT2D eigenvalue weighted by atomic mass is 19.4. The van der Waals surface area contributed by atoms with Crippen LogP contribution in [0.2, 0.25) is 0 Å². The van der Waals surface area contributed by atoms with Gasteiger partial charge in [-0.1, -0.05) is 6.92 Å². The fourth-order valence-electron chi connectivity index (χ4n) is 5.20. The van der Waals surface area contributed by atoms with E-state index < -0.39 is 17.6 Å². The summed E-state index contributed by atoms with van der Waals surface area (Å²) in [5, 5.41) is 4.73. The molecule has 5 atom stereocenters. The predicted molar refractivity (Wildman–Crippen MR) is 117 cm³/mol. The van der Waals surface area contributed by atoms with Gasteiger partial charge in [-0.3, -0.25) is 4.68 Å². The first kappa shape index (κ1) is 23.0. The Balaban J connectivity index is 1.58. The van der Waals surface area contributed by atoms with Gasteiger partial charge in [0.25, 0.3) is 0 Å². The summed E-state index contributed by atoms with van der Waals surface area (Å²) < 4.78 is 47.2. The molecule has 0 aliphatic heterocycles. The molecule has 0 amide bonds. The van der Waals surface area contributed by atoms with Crippen LogP contribution in [-0.4, -0.2) is 53.0 Å². The number of rotatable bonds is 8. The number of nitrogens with zero attached hydrogens (tertiary/aromatic N) is 4. The Hall–Kier alpha value is -2.13. The molecule has 9 heteroatoms. The van der Waals surface area contributed by atoms with E-state index in [1.807, 2.05) is 10.7 Å². The van der Waals surface area contributed by atoms with Crippen LogP contribution in [0.1, 0.15) is 56.3 Å². The summed E-state index contributed by atoms with van der Waals surface area (Å²) in [5.41, 5.74) is 6.56. The van der Waals surface area contributed by atoms with Crippen molar-refractivity contribution in [3.63, 3.8) is 0 Å². The molecule has 32 heavy (non-hydrogen) atoms. The number of likely N-dealkylation sites (N-methyl/N-ethyl adjacent to an activating group) is 1. The molecule has 2 fully saturated rings. The molecule has 2 aromatic rings. The summed E-state index contributed by atoms with van der Waals surface area (Å²) in [6.45, 7) is 5.84. The maximum absolute atomic E-state index is 13.3. The topological polar surface area (TPSA) is 69.2 Å². The normalized spacial score (nSPS) is 25.9. The third-order valence-corrected chi connectivity index (χ3v) is 7.33. The summed E-state index contributed by atoms with van der Waals surface area (Å²) in [5.74, 6) is 1.12. The number of ether oxygens (including phenoxy) is 1. The van der Waals surface area contributed by atoms with Gasteiger partial charge in [-0.15, -0.1) is 0 Å². The largest absolute Gasteiger partial charge is 0.419 e. The van der Waals surface area contributed by atoms with Gasteiger partial charge >= 0.3 is 6.18 Å². The van der Waals surface area contributed by atoms with Gasteiger partial charge in [0.15, 0.2) is 0 Å². The van der Waals surface area contributed by atoms with Gasteiger partial charge in [0, 0.05) is 49.1 Å². The van der Waals surface area contributed by atoms with E-state index in [1.54, 1.807) is 7.11 Å². The molecule has 0 bridgehead atoms. The zero-order chi connectivity index (χ0) is 23.2. The van der Waals surface area contributed by atoms with Gasteiger partial charge in [-0.25, -0.2) is 4.98 Å². The molecule has 1 unspecified atom stereocenters. The second-order valence-electron chi connectivity index (χ2n) is 9.26. The van der Waals surface area contributed by atoms with Gasteiger partial charge in [-0.2, -0.15) is 18.3 Å². The van der Waals surface area contributed by atoms with Crippen molar-refractivity contribution in [1.29, 1.82) is 0 Å². The highest BCUT2D eigenvalue weighted by molar-refractivity contribution is 5.63. The minimum atomic E-state index is -4.55. The van der Waals surface area contributed by atoms with Crippen molar-refractivity contribution in [3.05, 3.63) is 29.6 Å². The Morgan fingerprint density at radius 1 is 1.28 bits per heavy atom. The lowest BCUT2D eigenvalue weighted by Gasteiger charge is -2.26. The molecule has 2 aromatic heterocycles. The smallest absolute Gasteiger partial charge is 0.383 e. The standard InChI is InChI=1S/C23H32F3N5O/c1-5-13(2)31-20(21-16-9-15(10-17(16)21)30(3)6-7-32-4)11-19(29-31)14-8-18(23(24,25)26)22(27)28-12-14/h8,11-13,15-17,21H,5-7,9-10H2,1-4H3,(H2,27,28)/t13?,15-,16+,17-,21-. The van der Waals surface area contributed by atoms with E-state index in [4.69, 9.17) is 15.6 Å². The third-order valence-electron chi connectivity index (χ3n) is 7.33. The van der Waals surface area contributed by atoms with Gasteiger partial charge in [0.05, 0.1) is 17.9 Å². The molecule has 0 aromatic carbocycles. The van der Waals surface area contributed by atoms with E-state index in [9.17, 15) is 13.2 Å². The molecule has 2 saturated carbocycles. The first-order chi connectivity index (χ1) is 15.2. The lowest BCUT2D eigenvalue weighted by molar-refractivity contribution is -0.137. The number of fused-ring (bicyclic) bond motifs is 1. The Bertz CT molecular complexity index is 948. The second kappa shape index (κ2) is 8.67. The Labute approximate surface area is 186 Å². The molecule has 2 heterocycles. The van der Waals surface area contributed by atoms with Gasteiger partial charge < -0.3 is 15.4 Å². The number of nitrogens with two attached hydrogens (primary N) is 1. The maximum atomic E-state index is 13.3. The summed E-state index contributed by atoms with van der Waals surface area (Å²) in [7, 11) is 3.87. The van der Waals surface area contributed by atoms with E-state index in [0.717, 1.165) is 44.2 Å². The number of methoxy groups -OCH3 is 1. The van der Waals surface area contributed by atoms with Crippen molar-refractivity contribution < 1.29 is 17.9 Å². The molecule has 0 saturated heterocycles. The molecule has 2 N–H and O–H groups in total. The Morgan fingerprint density at radius 2 is 1.97 bits per heavy atom. The first-order valence-electron chi connectivity index (χ1n) is 11.3. The van der Waals surface area contributed by atoms with Crippen LogP contribution in [0.15, 0.2) is 18.3 Å². The van der Waals surface area contributed by atoms with Crippen LogP contribution in [0, 0.1) is 11.8 Å². The molecule has 176 valence electrons. The van der Waals surface area contributed by atoms with Crippen LogP contribution in [-0.2, 0) is 10.9 Å². The van der Waals surface area contributed by atoms with E-state index in [2.05, 4.69) is 30.8 Å². The second-order valence-corrected chi connectivity index (χ2v) is 9.26. The SMILES string of the molecule is CCC(C)n1nc(-c2cnc(N)c(C(F)(F)F)c2)cc1[C@H]1[C@@H]2C[C@H](N(C)CCOC)C[C@@H]21. The van der Waals surface area contributed by atoms with Crippen LogP contribution >= 0.6 is 0 Å². The van der Waals surface area contributed by atoms with Crippen LogP contribution < -0.4 is 5.73 Å². The number of alkyl halides is 3. The number of hydrogen-bond donors (Lipinski definition) is 1. The summed E-state index contributed by atoms with van der Waals surface area (Å²) in [6, 6.07) is 3.76. The summed E-state index contributed by atoms with van der Waals surface area (Å²) in [4.78, 5) is 6.17. The third kappa shape index (κ3) is 4.24. The molecule has 4 rings (SSSR count). The first-order valence-corrected chi connectivity index (χ1v) is 11.3. The van der Waals surface area contributed by atoms with Crippen molar-refractivity contribution in [2.75, 3.05) is 33.0 Å². The Kier molecular flexibility index (Phi) is 6.24. The molecule has 2 aliphatic rings. The zero-order valence-electron chi connectivity index (χ0n) is 19.1. The molecular weight excluding hydrogens is 419 g/mol. The summed E-state index contributed by atoms with van der Waals surface area (Å²) >= 11 is 0. The van der Waals surface area contributed by atoms with Gasteiger partial charge in [0.2, 0.25) is 0 Å². The lowest BCUT2D eigenvalue weighted by Crippen LogP contribution is -2.33. The van der Waals surface area contributed by atoms with Gasteiger partial charge in [0.1, 0.15) is 5.82 Å². The Morgan fingerprint density at radius 3 is 2.56 bits per heavy atom. The van der Waals surface area contributed by atoms with Crippen molar-refractivity contribution in [1.82, 2.24) is 19.7 Å². The number of pyridine rings is 1. The number of hydrogen-bond acceptors (Lipinski definition) is 5. The van der Waals surface area contributed by atoms with E-state index >= 15 is 0 Å². The van der Waals surface area contributed by atoms with E-state index in [0.29, 0.717) is 35.1 Å². The van der Waals surface area contributed by atoms with Crippen LogP contribution in [0.25, 0.3) is 11.3 Å².